The van der Waals surface area contributed by atoms with Gasteiger partial charge in [-0.1, -0.05) is 6.07 Å². The van der Waals surface area contributed by atoms with E-state index >= 15 is 0 Å². The highest BCUT2D eigenvalue weighted by Gasteiger charge is 2.16. The zero-order valence-electron chi connectivity index (χ0n) is 10.9. The summed E-state index contributed by atoms with van der Waals surface area (Å²) in [5, 5.41) is 14.2. The van der Waals surface area contributed by atoms with Crippen LogP contribution in [-0.4, -0.2) is 35.2 Å². The van der Waals surface area contributed by atoms with Gasteiger partial charge < -0.3 is 10.4 Å². The van der Waals surface area contributed by atoms with Gasteiger partial charge in [0.1, 0.15) is 0 Å². The van der Waals surface area contributed by atoms with Crippen molar-refractivity contribution in [3.8, 4) is 0 Å². The fraction of sp³-hybridized carbons (Fsp3) is 0.615. The molecule has 2 atom stereocenters. The summed E-state index contributed by atoms with van der Waals surface area (Å²) in [4.78, 5) is 13.0. The summed E-state index contributed by atoms with van der Waals surface area (Å²) >= 11 is 3.31. The van der Waals surface area contributed by atoms with Crippen LogP contribution in [0.25, 0.3) is 0 Å². The number of aliphatic hydroxyl groups excluding tert-OH is 1. The van der Waals surface area contributed by atoms with Crippen LogP contribution < -0.4 is 5.32 Å². The summed E-state index contributed by atoms with van der Waals surface area (Å²) in [5.74, 6) is 0.0755. The molecule has 0 aromatic carbocycles. The monoisotopic (exact) mass is 287 g/mol. The van der Waals surface area contributed by atoms with E-state index in [-0.39, 0.29) is 23.8 Å². The number of rotatable bonds is 8. The molecule has 3 nitrogen and oxygen atoms in total. The zero-order chi connectivity index (χ0) is 13.4. The van der Waals surface area contributed by atoms with E-state index in [1.165, 1.54) is 4.88 Å². The third kappa shape index (κ3) is 5.42. The Morgan fingerprint density at radius 2 is 2.39 bits per heavy atom. The van der Waals surface area contributed by atoms with E-state index in [9.17, 15) is 4.79 Å². The van der Waals surface area contributed by atoms with E-state index in [4.69, 9.17) is 5.11 Å². The second-order valence-corrected chi connectivity index (χ2v) is 6.35. The molecular formula is C13H21NO2S2. The van der Waals surface area contributed by atoms with Gasteiger partial charge in [0.2, 0.25) is 5.91 Å². The molecule has 1 amide bonds. The van der Waals surface area contributed by atoms with Crippen molar-refractivity contribution in [3.63, 3.8) is 0 Å². The van der Waals surface area contributed by atoms with Gasteiger partial charge in [0.15, 0.2) is 0 Å². The lowest BCUT2D eigenvalue weighted by Gasteiger charge is -2.21. The van der Waals surface area contributed by atoms with Gasteiger partial charge in [-0.2, -0.15) is 11.8 Å². The molecule has 1 rings (SSSR count). The molecular weight excluding hydrogens is 266 g/mol. The molecule has 18 heavy (non-hydrogen) atoms. The van der Waals surface area contributed by atoms with Crippen LogP contribution in [-0.2, 0) is 11.2 Å². The van der Waals surface area contributed by atoms with Crippen molar-refractivity contribution in [2.45, 2.75) is 37.5 Å². The lowest BCUT2D eigenvalue weighted by atomic mass is 10.2. The van der Waals surface area contributed by atoms with Gasteiger partial charge in [-0.25, -0.2) is 0 Å². The maximum absolute atomic E-state index is 11.7. The molecule has 1 heterocycles. The first kappa shape index (κ1) is 15.5. The minimum Gasteiger partial charge on any atom is -0.395 e. The second kappa shape index (κ2) is 8.56. The summed E-state index contributed by atoms with van der Waals surface area (Å²) < 4.78 is 0. The molecule has 0 aliphatic heterocycles. The molecule has 0 saturated heterocycles. The predicted octanol–water partition coefficient (Wildman–Crippen LogP) is 2.30. The van der Waals surface area contributed by atoms with Crippen LogP contribution >= 0.6 is 23.1 Å². The number of hydrogen-bond donors (Lipinski definition) is 2. The molecule has 1 aromatic heterocycles. The first-order valence-electron chi connectivity index (χ1n) is 6.12. The predicted molar refractivity (Wildman–Crippen MR) is 79.3 cm³/mol. The zero-order valence-corrected chi connectivity index (χ0v) is 12.5. The van der Waals surface area contributed by atoms with E-state index in [0.29, 0.717) is 6.42 Å². The molecule has 0 radical (unpaired) electrons. The third-order valence-electron chi connectivity index (χ3n) is 2.84. The fourth-order valence-corrected chi connectivity index (χ4v) is 3.11. The van der Waals surface area contributed by atoms with E-state index in [0.717, 1.165) is 12.8 Å². The molecule has 1 aromatic rings. The van der Waals surface area contributed by atoms with Gasteiger partial charge in [-0.05, 0) is 37.5 Å². The molecule has 0 saturated carbocycles. The lowest BCUT2D eigenvalue weighted by Crippen LogP contribution is -2.41. The quantitative estimate of drug-likeness (QED) is 0.771. The Balaban J connectivity index is 2.20. The molecule has 0 aliphatic carbocycles. The van der Waals surface area contributed by atoms with E-state index in [2.05, 4.69) is 16.8 Å². The highest BCUT2D eigenvalue weighted by Crippen LogP contribution is 2.13. The number of aliphatic hydroxyl groups is 1. The summed E-state index contributed by atoms with van der Waals surface area (Å²) in [6, 6.07) is 4.15. The number of carbonyl (C=O) groups is 1. The number of carbonyl (C=O) groups excluding carboxylic acids is 1. The molecule has 102 valence electrons. The molecule has 0 fully saturated rings. The van der Waals surface area contributed by atoms with Crippen molar-refractivity contribution in [2.24, 2.45) is 0 Å². The molecule has 0 spiro atoms. The van der Waals surface area contributed by atoms with E-state index in [1.54, 1.807) is 23.1 Å². The largest absolute Gasteiger partial charge is 0.395 e. The van der Waals surface area contributed by atoms with Crippen molar-refractivity contribution in [1.29, 1.82) is 0 Å². The highest BCUT2D eigenvalue weighted by atomic mass is 32.2. The van der Waals surface area contributed by atoms with Gasteiger partial charge in [-0.15, -0.1) is 11.3 Å². The minimum absolute atomic E-state index is 0.0132. The van der Waals surface area contributed by atoms with Crippen LogP contribution in [0.4, 0.5) is 0 Å². The van der Waals surface area contributed by atoms with Gasteiger partial charge in [0.25, 0.3) is 0 Å². The second-order valence-electron chi connectivity index (χ2n) is 4.25. The number of nitrogens with one attached hydrogen (secondary N) is 1. The van der Waals surface area contributed by atoms with Crippen LogP contribution in [0.3, 0.4) is 0 Å². The van der Waals surface area contributed by atoms with Crippen LogP contribution in [0.5, 0.6) is 0 Å². The van der Waals surface area contributed by atoms with Crippen LogP contribution in [0.1, 0.15) is 24.6 Å². The Kier molecular flexibility index (Phi) is 7.39. The van der Waals surface area contributed by atoms with Crippen LogP contribution in [0, 0.1) is 0 Å². The van der Waals surface area contributed by atoms with Gasteiger partial charge in [0.05, 0.1) is 6.61 Å². The maximum atomic E-state index is 11.7. The van der Waals surface area contributed by atoms with Crippen molar-refractivity contribution in [1.82, 2.24) is 5.32 Å². The smallest absolute Gasteiger partial charge is 0.220 e. The molecule has 2 unspecified atom stereocenters. The van der Waals surface area contributed by atoms with Gasteiger partial charge >= 0.3 is 0 Å². The Morgan fingerprint density at radius 1 is 1.61 bits per heavy atom. The van der Waals surface area contributed by atoms with Crippen LogP contribution in [0.2, 0.25) is 0 Å². The number of aryl methyl sites for hydroxylation is 1. The van der Waals surface area contributed by atoms with Crippen molar-refractivity contribution < 1.29 is 9.90 Å². The Bertz CT molecular complexity index is 337. The van der Waals surface area contributed by atoms with Crippen molar-refractivity contribution in [2.75, 3.05) is 12.9 Å². The number of thioether (sulfide) groups is 1. The van der Waals surface area contributed by atoms with Gasteiger partial charge in [0, 0.05) is 22.6 Å². The van der Waals surface area contributed by atoms with Crippen LogP contribution in [0.15, 0.2) is 17.5 Å². The first-order valence-corrected chi connectivity index (χ1v) is 8.29. The lowest BCUT2D eigenvalue weighted by molar-refractivity contribution is -0.121. The molecule has 0 bridgehead atoms. The van der Waals surface area contributed by atoms with Gasteiger partial charge in [-0.3, -0.25) is 4.79 Å². The maximum Gasteiger partial charge on any atom is 0.220 e. The summed E-state index contributed by atoms with van der Waals surface area (Å²) in [5.41, 5.74) is 0. The topological polar surface area (TPSA) is 49.3 Å². The SMILES string of the molecule is CSC(CO)C(C)NC(=O)CCCc1cccs1. The van der Waals surface area contributed by atoms with Crippen molar-refractivity contribution in [3.05, 3.63) is 22.4 Å². The average Bonchev–Trinajstić information content (AvgIpc) is 2.83. The summed E-state index contributed by atoms with van der Waals surface area (Å²) in [7, 11) is 0. The Labute approximate surface area is 117 Å². The summed E-state index contributed by atoms with van der Waals surface area (Å²) in [6.45, 7) is 2.03. The Hall–Kier alpha value is -0.520. The number of thiophene rings is 1. The number of hydrogen-bond acceptors (Lipinski definition) is 4. The highest BCUT2D eigenvalue weighted by molar-refractivity contribution is 7.99. The third-order valence-corrected chi connectivity index (χ3v) is 4.94. The molecule has 5 heteroatoms. The van der Waals surface area contributed by atoms with E-state index < -0.39 is 0 Å². The standard InChI is InChI=1S/C13H21NO2S2/c1-10(12(9-15)17-2)14-13(16)7-3-5-11-6-4-8-18-11/h4,6,8,10,12,15H,3,5,7,9H2,1-2H3,(H,14,16). The number of amides is 1. The Morgan fingerprint density at radius 3 is 2.94 bits per heavy atom. The first-order chi connectivity index (χ1) is 8.67. The minimum atomic E-state index is 0.0132. The average molecular weight is 287 g/mol. The van der Waals surface area contributed by atoms with Crippen molar-refractivity contribution >= 4 is 29.0 Å². The normalized spacial score (nSPS) is 14.2. The summed E-state index contributed by atoms with van der Waals surface area (Å²) in [6.07, 6.45) is 4.34. The fourth-order valence-electron chi connectivity index (χ4n) is 1.73. The molecule has 0 aliphatic rings. The molecule has 2 N–H and O–H groups in total. The van der Waals surface area contributed by atoms with E-state index in [1.807, 2.05) is 19.2 Å².